The summed E-state index contributed by atoms with van der Waals surface area (Å²) in [6, 6.07) is 22.3. The molecule has 3 aromatic rings. The average molecular weight is 364 g/mol. The molecule has 0 aliphatic carbocycles. The number of anilines is 1. The van der Waals surface area contributed by atoms with Crippen molar-refractivity contribution in [1.29, 1.82) is 0 Å². The summed E-state index contributed by atoms with van der Waals surface area (Å²) >= 11 is 0. The van der Waals surface area contributed by atoms with E-state index in [4.69, 9.17) is 0 Å². The number of aromatic amines is 1. The topological polar surface area (TPSA) is 69.8 Å². The van der Waals surface area contributed by atoms with E-state index in [1.165, 1.54) is 11.1 Å². The van der Waals surface area contributed by atoms with Crippen LogP contribution in [0.1, 0.15) is 43.0 Å². The molecule has 0 unspecified atom stereocenters. The zero-order valence-electron chi connectivity index (χ0n) is 16.2. The minimum atomic E-state index is -0.244. The molecule has 0 fully saturated rings. The minimum absolute atomic E-state index is 0.244. The Balaban J connectivity index is 0.00000126. The van der Waals surface area contributed by atoms with Gasteiger partial charge in [0.1, 0.15) is 0 Å². The molecular weight excluding hydrogens is 336 g/mol. The Hall–Kier alpha value is -3.08. The van der Waals surface area contributed by atoms with Crippen LogP contribution in [0.5, 0.6) is 0 Å². The molecule has 5 nitrogen and oxygen atoms in total. The Morgan fingerprint density at radius 2 is 1.56 bits per heavy atom. The number of H-pyrrole nitrogens is 1. The smallest absolute Gasteiger partial charge is 0.320 e. The molecule has 0 aliphatic heterocycles. The van der Waals surface area contributed by atoms with Gasteiger partial charge in [0.25, 0.3) is 0 Å². The van der Waals surface area contributed by atoms with Gasteiger partial charge in [-0.3, -0.25) is 10.4 Å². The van der Waals surface area contributed by atoms with Gasteiger partial charge in [-0.15, -0.1) is 0 Å². The molecule has 0 spiro atoms. The number of carbonyl (C=O) groups is 1. The van der Waals surface area contributed by atoms with Crippen molar-refractivity contribution in [1.82, 2.24) is 15.5 Å². The third-order valence-corrected chi connectivity index (χ3v) is 4.07. The van der Waals surface area contributed by atoms with Gasteiger partial charge in [0.05, 0.1) is 0 Å². The van der Waals surface area contributed by atoms with Gasteiger partial charge in [-0.05, 0) is 24.5 Å². The molecule has 3 N–H and O–H groups in total. The minimum Gasteiger partial charge on any atom is -0.338 e. The lowest BCUT2D eigenvalue weighted by Crippen LogP contribution is -2.30. The fourth-order valence-electron chi connectivity index (χ4n) is 2.87. The summed E-state index contributed by atoms with van der Waals surface area (Å²) in [7, 11) is 0. The second-order valence-electron chi connectivity index (χ2n) is 5.98. The highest BCUT2D eigenvalue weighted by atomic mass is 16.2. The Morgan fingerprint density at radius 1 is 1.00 bits per heavy atom. The number of aryl methyl sites for hydroxylation is 1. The van der Waals surface area contributed by atoms with E-state index in [0.717, 1.165) is 12.1 Å². The highest BCUT2D eigenvalue weighted by Crippen LogP contribution is 2.27. The zero-order valence-corrected chi connectivity index (χ0v) is 16.2. The maximum atomic E-state index is 12.0. The van der Waals surface area contributed by atoms with Crippen LogP contribution in [-0.4, -0.2) is 22.8 Å². The zero-order chi connectivity index (χ0) is 19.5. The molecular formula is C22H28N4O. The normalized spacial score (nSPS) is 10.1. The number of hydrogen-bond donors (Lipinski definition) is 3. The molecule has 0 atom stereocenters. The SMILES string of the molecule is CC.Cc1cc(NC(=O)NCCC(c2ccccc2)c2ccccc2)n[nH]1. The number of carbonyl (C=O) groups excluding carboxylic acids is 1. The van der Waals surface area contributed by atoms with Gasteiger partial charge in [0.2, 0.25) is 0 Å². The number of hydrogen-bond acceptors (Lipinski definition) is 2. The number of aromatic nitrogens is 2. The molecule has 0 saturated heterocycles. The highest BCUT2D eigenvalue weighted by molar-refractivity contribution is 5.88. The predicted octanol–water partition coefficient (Wildman–Crippen LogP) is 5.09. The number of nitrogens with zero attached hydrogens (tertiary/aromatic N) is 1. The first-order valence-electron chi connectivity index (χ1n) is 9.39. The van der Waals surface area contributed by atoms with Crippen molar-refractivity contribution in [3.8, 4) is 0 Å². The van der Waals surface area contributed by atoms with Crippen molar-refractivity contribution >= 4 is 11.8 Å². The van der Waals surface area contributed by atoms with Gasteiger partial charge in [0, 0.05) is 24.2 Å². The van der Waals surface area contributed by atoms with Crippen LogP contribution < -0.4 is 10.6 Å². The van der Waals surface area contributed by atoms with Crippen molar-refractivity contribution < 1.29 is 4.79 Å². The van der Waals surface area contributed by atoms with Crippen molar-refractivity contribution in [2.24, 2.45) is 0 Å². The van der Waals surface area contributed by atoms with Gasteiger partial charge in [-0.2, -0.15) is 5.10 Å². The molecule has 0 bridgehead atoms. The van der Waals surface area contributed by atoms with Crippen LogP contribution in [0.15, 0.2) is 66.7 Å². The molecule has 27 heavy (non-hydrogen) atoms. The number of benzene rings is 2. The van der Waals surface area contributed by atoms with Crippen molar-refractivity contribution in [3.05, 3.63) is 83.6 Å². The third kappa shape index (κ3) is 6.29. The van der Waals surface area contributed by atoms with Gasteiger partial charge in [-0.1, -0.05) is 74.5 Å². The van der Waals surface area contributed by atoms with Gasteiger partial charge < -0.3 is 5.32 Å². The standard InChI is InChI=1S/C20H22N4O.C2H6/c1-15-14-19(24-23-15)22-20(25)21-13-12-18(16-8-4-2-5-9-16)17-10-6-3-7-11-17;1-2/h2-11,14,18H,12-13H2,1H3,(H3,21,22,23,24,25);1-2H3. The molecule has 1 heterocycles. The Bertz CT molecular complexity index is 760. The van der Waals surface area contributed by atoms with Crippen LogP contribution in [0.3, 0.4) is 0 Å². The van der Waals surface area contributed by atoms with Crippen LogP contribution in [0.25, 0.3) is 0 Å². The van der Waals surface area contributed by atoms with Crippen molar-refractivity contribution in [2.75, 3.05) is 11.9 Å². The quantitative estimate of drug-likeness (QED) is 0.570. The van der Waals surface area contributed by atoms with Crippen LogP contribution in [-0.2, 0) is 0 Å². The van der Waals surface area contributed by atoms with E-state index < -0.39 is 0 Å². The fraction of sp³-hybridized carbons (Fsp3) is 0.273. The lowest BCUT2D eigenvalue weighted by atomic mass is 9.88. The van der Waals surface area contributed by atoms with Crippen LogP contribution in [0.4, 0.5) is 10.6 Å². The van der Waals surface area contributed by atoms with E-state index >= 15 is 0 Å². The van der Waals surface area contributed by atoms with Gasteiger partial charge in [0.15, 0.2) is 5.82 Å². The molecule has 0 aliphatic rings. The van der Waals surface area contributed by atoms with Crippen LogP contribution >= 0.6 is 0 Å². The molecule has 1 aromatic heterocycles. The monoisotopic (exact) mass is 364 g/mol. The Morgan fingerprint density at radius 3 is 2.04 bits per heavy atom. The lowest BCUT2D eigenvalue weighted by molar-refractivity contribution is 0.251. The van der Waals surface area contributed by atoms with Gasteiger partial charge in [-0.25, -0.2) is 4.79 Å². The molecule has 5 heteroatoms. The highest BCUT2D eigenvalue weighted by Gasteiger charge is 2.14. The third-order valence-electron chi connectivity index (χ3n) is 4.07. The molecule has 0 saturated carbocycles. The maximum Gasteiger partial charge on any atom is 0.320 e. The largest absolute Gasteiger partial charge is 0.338 e. The van der Waals surface area contributed by atoms with E-state index in [-0.39, 0.29) is 11.9 Å². The second kappa shape index (κ2) is 10.8. The molecule has 3 rings (SSSR count). The van der Waals surface area contributed by atoms with E-state index in [0.29, 0.717) is 12.4 Å². The summed E-state index contributed by atoms with van der Waals surface area (Å²) in [6.07, 6.45) is 0.820. The summed E-state index contributed by atoms with van der Waals surface area (Å²) in [6.45, 7) is 6.46. The predicted molar refractivity (Wildman–Crippen MR) is 111 cm³/mol. The first-order valence-corrected chi connectivity index (χ1v) is 9.39. The van der Waals surface area contributed by atoms with Crippen LogP contribution in [0.2, 0.25) is 0 Å². The van der Waals surface area contributed by atoms with E-state index in [1.807, 2.05) is 57.2 Å². The summed E-state index contributed by atoms with van der Waals surface area (Å²) in [5, 5.41) is 12.4. The van der Waals surface area contributed by atoms with E-state index in [1.54, 1.807) is 6.07 Å². The fourth-order valence-corrected chi connectivity index (χ4v) is 2.87. The number of rotatable bonds is 6. The molecule has 0 radical (unpaired) electrons. The lowest BCUT2D eigenvalue weighted by Gasteiger charge is -2.18. The summed E-state index contributed by atoms with van der Waals surface area (Å²) in [5.41, 5.74) is 3.40. The summed E-state index contributed by atoms with van der Waals surface area (Å²) in [4.78, 5) is 12.0. The Labute approximate surface area is 161 Å². The molecule has 2 amide bonds. The molecule has 142 valence electrons. The first-order chi connectivity index (χ1) is 13.2. The molecule has 2 aromatic carbocycles. The van der Waals surface area contributed by atoms with Crippen molar-refractivity contribution in [2.45, 2.75) is 33.1 Å². The second-order valence-corrected chi connectivity index (χ2v) is 5.98. The summed E-state index contributed by atoms with van der Waals surface area (Å²) < 4.78 is 0. The summed E-state index contributed by atoms with van der Waals surface area (Å²) in [5.74, 6) is 0.771. The van der Waals surface area contributed by atoms with E-state index in [2.05, 4.69) is 45.1 Å². The van der Waals surface area contributed by atoms with Crippen LogP contribution in [0, 0.1) is 6.92 Å². The van der Waals surface area contributed by atoms with E-state index in [9.17, 15) is 4.79 Å². The number of nitrogens with one attached hydrogen (secondary N) is 3. The van der Waals surface area contributed by atoms with Crippen molar-refractivity contribution in [3.63, 3.8) is 0 Å². The first kappa shape index (κ1) is 20.2. The maximum absolute atomic E-state index is 12.0. The number of urea groups is 1. The average Bonchev–Trinajstić information content (AvgIpc) is 3.12. The Kier molecular flexibility index (Phi) is 8.10. The number of amides is 2. The van der Waals surface area contributed by atoms with Gasteiger partial charge >= 0.3 is 6.03 Å².